The van der Waals surface area contributed by atoms with E-state index in [2.05, 4.69) is 5.32 Å². The first-order chi connectivity index (χ1) is 10.8. The first kappa shape index (κ1) is 17.1. The molecule has 0 saturated heterocycles. The summed E-state index contributed by atoms with van der Waals surface area (Å²) in [5.74, 6) is 0.135. The van der Waals surface area contributed by atoms with Crippen molar-refractivity contribution in [3.63, 3.8) is 0 Å². The Morgan fingerprint density at radius 3 is 2.61 bits per heavy atom. The number of amides is 1. The molecule has 0 aromatic heterocycles. The van der Waals surface area contributed by atoms with E-state index < -0.39 is 23.3 Å². The molecule has 1 fully saturated rings. The topological polar surface area (TPSA) is 56.1 Å². The van der Waals surface area contributed by atoms with Gasteiger partial charge in [0.1, 0.15) is 6.04 Å². The summed E-state index contributed by atoms with van der Waals surface area (Å²) in [5.41, 5.74) is -1.08. The van der Waals surface area contributed by atoms with Crippen molar-refractivity contribution >= 4 is 11.6 Å². The monoisotopic (exact) mass is 325 g/mol. The fraction of sp³-hybridized carbons (Fsp3) is 0.500. The summed E-state index contributed by atoms with van der Waals surface area (Å²) in [6, 6.07) is 4.57. The normalized spacial score (nSPS) is 15.7. The third-order valence-corrected chi connectivity index (χ3v) is 4.01. The summed E-state index contributed by atoms with van der Waals surface area (Å²) in [6.07, 6.45) is -2.58. The van der Waals surface area contributed by atoms with E-state index in [0.29, 0.717) is 18.2 Å². The van der Waals surface area contributed by atoms with Gasteiger partial charge in [0.05, 0.1) is 17.2 Å². The highest BCUT2D eigenvalue weighted by atomic mass is 19.4. The van der Waals surface area contributed by atoms with Gasteiger partial charge in [0.2, 0.25) is 5.91 Å². The lowest BCUT2D eigenvalue weighted by Crippen LogP contribution is -2.45. The quantitative estimate of drug-likeness (QED) is 0.905. The number of alkyl halides is 3. The number of anilines is 1. The second-order valence-electron chi connectivity index (χ2n) is 5.73. The van der Waals surface area contributed by atoms with E-state index in [4.69, 9.17) is 5.26 Å². The van der Waals surface area contributed by atoms with Crippen molar-refractivity contribution in [2.24, 2.45) is 5.92 Å². The lowest BCUT2D eigenvalue weighted by Gasteiger charge is -2.31. The lowest BCUT2D eigenvalue weighted by molar-refractivity contribution is -0.137. The van der Waals surface area contributed by atoms with Gasteiger partial charge in [-0.05, 0) is 43.9 Å². The standard InChI is InChI=1S/C16H18F3N3O/c1-10(15(23)21-2)22(9-11-3-4-11)13-6-5-12(8-20)14(7-13)16(17,18)19/h5-7,10-11H,3-4,9H2,1-2H3,(H,21,23)/t10-/m0/s1. The zero-order valence-corrected chi connectivity index (χ0v) is 12.9. The van der Waals surface area contributed by atoms with Gasteiger partial charge in [-0.2, -0.15) is 18.4 Å². The molecule has 124 valence electrons. The molecular formula is C16H18F3N3O. The predicted octanol–water partition coefficient (Wildman–Crippen LogP) is 2.93. The number of nitrogens with one attached hydrogen (secondary N) is 1. The van der Waals surface area contributed by atoms with Crippen molar-refractivity contribution < 1.29 is 18.0 Å². The van der Waals surface area contributed by atoms with Crippen LogP contribution in [0.15, 0.2) is 18.2 Å². The van der Waals surface area contributed by atoms with Crippen LogP contribution < -0.4 is 10.2 Å². The minimum atomic E-state index is -4.61. The summed E-state index contributed by atoms with van der Waals surface area (Å²) in [5, 5.41) is 11.4. The second-order valence-corrected chi connectivity index (χ2v) is 5.73. The Morgan fingerprint density at radius 1 is 1.48 bits per heavy atom. The van der Waals surface area contributed by atoms with Gasteiger partial charge in [-0.25, -0.2) is 0 Å². The maximum absolute atomic E-state index is 13.1. The van der Waals surface area contributed by atoms with Gasteiger partial charge in [0.15, 0.2) is 0 Å². The van der Waals surface area contributed by atoms with Crippen LogP contribution in [0.1, 0.15) is 30.9 Å². The minimum absolute atomic E-state index is 0.261. The smallest absolute Gasteiger partial charge is 0.359 e. The molecule has 0 aliphatic heterocycles. The van der Waals surface area contributed by atoms with Crippen LogP contribution in [0.3, 0.4) is 0 Å². The SMILES string of the molecule is CNC(=O)[C@H](C)N(CC1CC1)c1ccc(C#N)c(C(F)(F)F)c1. The molecule has 0 heterocycles. The van der Waals surface area contributed by atoms with Gasteiger partial charge in [-0.1, -0.05) is 0 Å². The van der Waals surface area contributed by atoms with Crippen molar-refractivity contribution in [2.75, 3.05) is 18.5 Å². The highest BCUT2D eigenvalue weighted by Gasteiger charge is 2.35. The fourth-order valence-corrected chi connectivity index (χ4v) is 2.46. The van der Waals surface area contributed by atoms with Gasteiger partial charge >= 0.3 is 6.18 Å². The maximum atomic E-state index is 13.1. The van der Waals surface area contributed by atoms with Crippen LogP contribution in [0.4, 0.5) is 18.9 Å². The van der Waals surface area contributed by atoms with E-state index in [-0.39, 0.29) is 5.91 Å². The van der Waals surface area contributed by atoms with Crippen molar-refractivity contribution in [3.8, 4) is 6.07 Å². The number of carbonyl (C=O) groups is 1. The zero-order valence-electron chi connectivity index (χ0n) is 12.9. The summed E-state index contributed by atoms with van der Waals surface area (Å²) < 4.78 is 39.4. The fourth-order valence-electron chi connectivity index (χ4n) is 2.46. The van der Waals surface area contributed by atoms with Crippen molar-refractivity contribution in [2.45, 2.75) is 32.0 Å². The molecule has 1 atom stereocenters. The van der Waals surface area contributed by atoms with Crippen LogP contribution in [0.2, 0.25) is 0 Å². The number of carbonyl (C=O) groups excluding carboxylic acids is 1. The van der Waals surface area contributed by atoms with E-state index in [1.807, 2.05) is 0 Å². The Bertz CT molecular complexity index is 632. The molecule has 1 aliphatic rings. The van der Waals surface area contributed by atoms with E-state index in [9.17, 15) is 18.0 Å². The minimum Gasteiger partial charge on any atom is -0.359 e. The number of hydrogen-bond acceptors (Lipinski definition) is 3. The molecule has 1 N–H and O–H groups in total. The molecule has 0 unspecified atom stereocenters. The lowest BCUT2D eigenvalue weighted by atomic mass is 10.1. The first-order valence-electron chi connectivity index (χ1n) is 7.37. The number of rotatable bonds is 5. The van der Waals surface area contributed by atoms with Crippen molar-refractivity contribution in [1.29, 1.82) is 5.26 Å². The molecule has 23 heavy (non-hydrogen) atoms. The molecule has 1 amide bonds. The molecule has 1 aromatic rings. The second kappa shape index (κ2) is 6.49. The van der Waals surface area contributed by atoms with E-state index in [1.165, 1.54) is 13.1 Å². The van der Waals surface area contributed by atoms with Crippen LogP contribution in [0.25, 0.3) is 0 Å². The molecule has 0 bridgehead atoms. The number of halogens is 3. The third kappa shape index (κ3) is 3.95. The summed E-state index contributed by atoms with van der Waals surface area (Å²) in [4.78, 5) is 13.6. The van der Waals surface area contributed by atoms with Crippen molar-refractivity contribution in [1.82, 2.24) is 5.32 Å². The Morgan fingerprint density at radius 2 is 2.13 bits per heavy atom. The largest absolute Gasteiger partial charge is 0.417 e. The molecular weight excluding hydrogens is 307 g/mol. The number of hydrogen-bond donors (Lipinski definition) is 1. The highest BCUT2D eigenvalue weighted by molar-refractivity contribution is 5.84. The summed E-state index contributed by atoms with van der Waals surface area (Å²) >= 11 is 0. The molecule has 7 heteroatoms. The van der Waals surface area contributed by atoms with Crippen LogP contribution in [-0.2, 0) is 11.0 Å². The van der Waals surface area contributed by atoms with Gasteiger partial charge < -0.3 is 10.2 Å². The maximum Gasteiger partial charge on any atom is 0.417 e. The Kier molecular flexibility index (Phi) is 4.83. The average Bonchev–Trinajstić information content (AvgIpc) is 3.33. The Labute approximate surface area is 132 Å². The Hall–Kier alpha value is -2.23. The van der Waals surface area contributed by atoms with Crippen LogP contribution in [0.5, 0.6) is 0 Å². The number of nitrogens with zero attached hydrogens (tertiary/aromatic N) is 2. The predicted molar refractivity (Wildman–Crippen MR) is 79.8 cm³/mol. The average molecular weight is 325 g/mol. The number of nitriles is 1. The zero-order chi connectivity index (χ0) is 17.2. The van der Waals surface area contributed by atoms with E-state index in [1.54, 1.807) is 17.9 Å². The molecule has 4 nitrogen and oxygen atoms in total. The highest BCUT2D eigenvalue weighted by Crippen LogP contribution is 2.37. The molecule has 1 aliphatic carbocycles. The molecule has 0 spiro atoms. The van der Waals surface area contributed by atoms with Gasteiger partial charge in [0.25, 0.3) is 0 Å². The van der Waals surface area contributed by atoms with Crippen LogP contribution >= 0.6 is 0 Å². The van der Waals surface area contributed by atoms with Crippen LogP contribution in [-0.4, -0.2) is 25.5 Å². The van der Waals surface area contributed by atoms with Crippen molar-refractivity contribution in [3.05, 3.63) is 29.3 Å². The third-order valence-electron chi connectivity index (χ3n) is 4.01. The van der Waals surface area contributed by atoms with Crippen LogP contribution in [0, 0.1) is 17.2 Å². The molecule has 1 saturated carbocycles. The number of benzene rings is 1. The van der Waals surface area contributed by atoms with Gasteiger partial charge in [-0.15, -0.1) is 0 Å². The van der Waals surface area contributed by atoms with E-state index >= 15 is 0 Å². The number of likely N-dealkylation sites (N-methyl/N-ethyl adjacent to an activating group) is 1. The summed E-state index contributed by atoms with van der Waals surface area (Å²) in [7, 11) is 1.49. The van der Waals surface area contributed by atoms with Gasteiger partial charge in [-0.3, -0.25) is 4.79 Å². The first-order valence-corrected chi connectivity index (χ1v) is 7.37. The molecule has 1 aromatic carbocycles. The molecule has 2 rings (SSSR count). The van der Waals surface area contributed by atoms with Gasteiger partial charge in [0, 0.05) is 19.3 Å². The molecule has 0 radical (unpaired) electrons. The Balaban J connectivity index is 2.42. The van der Waals surface area contributed by atoms with E-state index in [0.717, 1.165) is 25.0 Å². The summed E-state index contributed by atoms with van der Waals surface area (Å²) in [6.45, 7) is 2.18.